The lowest BCUT2D eigenvalue weighted by Crippen LogP contribution is -2.44. The van der Waals surface area contributed by atoms with E-state index in [4.69, 9.17) is 0 Å². The lowest BCUT2D eigenvalue weighted by atomic mass is 10.0. The lowest BCUT2D eigenvalue weighted by Gasteiger charge is -2.24. The van der Waals surface area contributed by atoms with Crippen LogP contribution in [0.15, 0.2) is 0 Å². The molecule has 0 aromatic carbocycles. The fourth-order valence-electron chi connectivity index (χ4n) is 3.95. The van der Waals surface area contributed by atoms with Gasteiger partial charge in [-0.15, -0.1) is 0 Å². The van der Waals surface area contributed by atoms with Gasteiger partial charge in [0.05, 0.1) is 0 Å². The van der Waals surface area contributed by atoms with Gasteiger partial charge >= 0.3 is 5.97 Å². The first-order chi connectivity index (χ1) is 8.11. The Morgan fingerprint density at radius 3 is 2.41 bits per heavy atom. The minimum atomic E-state index is -0.839. The Labute approximate surface area is 101 Å². The fourth-order valence-corrected chi connectivity index (χ4v) is 3.95. The van der Waals surface area contributed by atoms with Crippen LogP contribution in [0.1, 0.15) is 32.6 Å². The van der Waals surface area contributed by atoms with Crippen molar-refractivity contribution in [3.8, 4) is 0 Å². The van der Waals surface area contributed by atoms with Crippen molar-refractivity contribution in [2.45, 2.75) is 38.6 Å². The third kappa shape index (κ3) is 1.57. The molecule has 3 rings (SSSR count). The highest BCUT2D eigenvalue weighted by atomic mass is 16.4. The smallest absolute Gasteiger partial charge is 0.326 e. The van der Waals surface area contributed by atoms with Gasteiger partial charge in [-0.3, -0.25) is 4.79 Å². The van der Waals surface area contributed by atoms with Crippen LogP contribution in [0.2, 0.25) is 0 Å². The Balaban J connectivity index is 1.72. The number of amides is 1. The van der Waals surface area contributed by atoms with E-state index >= 15 is 0 Å². The van der Waals surface area contributed by atoms with Gasteiger partial charge < -0.3 is 10.0 Å². The number of aliphatic carboxylic acids is 1. The quantitative estimate of drug-likeness (QED) is 0.788. The number of carbonyl (C=O) groups excluding carboxylic acids is 1. The molecule has 17 heavy (non-hydrogen) atoms. The first kappa shape index (κ1) is 11.1. The average Bonchev–Trinajstić information content (AvgIpc) is 2.66. The number of carbonyl (C=O) groups is 2. The highest BCUT2D eigenvalue weighted by Crippen LogP contribution is 2.58. The molecule has 1 heterocycles. The molecule has 2 aliphatic carbocycles. The molecule has 0 spiro atoms. The molecule has 1 saturated heterocycles. The van der Waals surface area contributed by atoms with Gasteiger partial charge in [0.25, 0.3) is 0 Å². The Bertz CT molecular complexity index is 358. The van der Waals surface area contributed by atoms with Gasteiger partial charge in [0.1, 0.15) is 6.04 Å². The molecule has 0 aromatic heterocycles. The molecule has 0 bridgehead atoms. The van der Waals surface area contributed by atoms with Crippen molar-refractivity contribution < 1.29 is 14.7 Å². The van der Waals surface area contributed by atoms with Crippen LogP contribution < -0.4 is 0 Å². The molecule has 0 aromatic rings. The molecular formula is C13H19NO3. The Morgan fingerprint density at radius 2 is 1.82 bits per heavy atom. The molecule has 4 nitrogen and oxygen atoms in total. The van der Waals surface area contributed by atoms with Crippen molar-refractivity contribution in [2.24, 2.45) is 23.7 Å². The summed E-state index contributed by atoms with van der Waals surface area (Å²) in [6, 6.07) is -0.580. The van der Waals surface area contributed by atoms with E-state index in [-0.39, 0.29) is 17.7 Å². The Kier molecular flexibility index (Phi) is 2.42. The van der Waals surface area contributed by atoms with Gasteiger partial charge in [-0.1, -0.05) is 13.3 Å². The van der Waals surface area contributed by atoms with Crippen molar-refractivity contribution in [1.29, 1.82) is 0 Å². The van der Waals surface area contributed by atoms with Crippen LogP contribution >= 0.6 is 0 Å². The molecule has 4 unspecified atom stereocenters. The lowest BCUT2D eigenvalue weighted by molar-refractivity contribution is -0.150. The minimum Gasteiger partial charge on any atom is -0.480 e. The maximum absolute atomic E-state index is 12.3. The average molecular weight is 237 g/mol. The van der Waals surface area contributed by atoms with Crippen LogP contribution in [0, 0.1) is 23.7 Å². The summed E-state index contributed by atoms with van der Waals surface area (Å²) in [5.41, 5.74) is 0. The first-order valence-electron chi connectivity index (χ1n) is 6.64. The van der Waals surface area contributed by atoms with E-state index in [0.29, 0.717) is 18.4 Å². The second kappa shape index (κ2) is 3.72. The topological polar surface area (TPSA) is 57.6 Å². The van der Waals surface area contributed by atoms with Crippen LogP contribution in [-0.2, 0) is 9.59 Å². The maximum Gasteiger partial charge on any atom is 0.326 e. The van der Waals surface area contributed by atoms with Gasteiger partial charge in [-0.25, -0.2) is 4.79 Å². The SMILES string of the molecule is CC1CCN(C(=O)C2C3CCCC32)C1C(=O)O. The molecule has 4 atom stereocenters. The van der Waals surface area contributed by atoms with Crippen LogP contribution in [0.5, 0.6) is 0 Å². The normalized spacial score (nSPS) is 43.6. The van der Waals surface area contributed by atoms with Gasteiger partial charge in [0.15, 0.2) is 0 Å². The predicted octanol–water partition coefficient (Wildman–Crippen LogP) is 1.35. The number of hydrogen-bond donors (Lipinski definition) is 1. The number of nitrogens with zero attached hydrogens (tertiary/aromatic N) is 1. The predicted molar refractivity (Wildman–Crippen MR) is 61.2 cm³/mol. The van der Waals surface area contributed by atoms with E-state index in [1.165, 1.54) is 19.3 Å². The summed E-state index contributed by atoms with van der Waals surface area (Å²) in [5.74, 6) is 0.692. The summed E-state index contributed by atoms with van der Waals surface area (Å²) in [4.78, 5) is 25.2. The van der Waals surface area contributed by atoms with E-state index in [2.05, 4.69) is 0 Å². The number of likely N-dealkylation sites (tertiary alicyclic amines) is 1. The second-order valence-electron chi connectivity index (χ2n) is 5.87. The van der Waals surface area contributed by atoms with E-state index in [9.17, 15) is 14.7 Å². The van der Waals surface area contributed by atoms with Crippen LogP contribution in [0.25, 0.3) is 0 Å². The van der Waals surface area contributed by atoms with Gasteiger partial charge in [0, 0.05) is 12.5 Å². The van der Waals surface area contributed by atoms with E-state index in [1.54, 1.807) is 4.90 Å². The molecule has 3 fully saturated rings. The summed E-state index contributed by atoms with van der Waals surface area (Å²) in [7, 11) is 0. The molecule has 1 amide bonds. The minimum absolute atomic E-state index is 0.0926. The highest BCUT2D eigenvalue weighted by molar-refractivity contribution is 5.88. The zero-order valence-corrected chi connectivity index (χ0v) is 10.1. The molecule has 1 N–H and O–H groups in total. The molecule has 2 saturated carbocycles. The molecule has 94 valence electrons. The van der Waals surface area contributed by atoms with Crippen LogP contribution in [0.3, 0.4) is 0 Å². The second-order valence-corrected chi connectivity index (χ2v) is 5.87. The van der Waals surface area contributed by atoms with E-state index < -0.39 is 12.0 Å². The van der Waals surface area contributed by atoms with Crippen molar-refractivity contribution in [3.05, 3.63) is 0 Å². The van der Waals surface area contributed by atoms with Crippen molar-refractivity contribution in [3.63, 3.8) is 0 Å². The van der Waals surface area contributed by atoms with Crippen LogP contribution in [-0.4, -0.2) is 34.5 Å². The summed E-state index contributed by atoms with van der Waals surface area (Å²) < 4.78 is 0. The van der Waals surface area contributed by atoms with Gasteiger partial charge in [-0.2, -0.15) is 0 Å². The summed E-state index contributed by atoms with van der Waals surface area (Å²) >= 11 is 0. The van der Waals surface area contributed by atoms with Gasteiger partial charge in [-0.05, 0) is 37.0 Å². The van der Waals surface area contributed by atoms with Crippen LogP contribution in [0.4, 0.5) is 0 Å². The van der Waals surface area contributed by atoms with Crippen molar-refractivity contribution >= 4 is 11.9 Å². The molecular weight excluding hydrogens is 218 g/mol. The van der Waals surface area contributed by atoms with Gasteiger partial charge in [0.2, 0.25) is 5.91 Å². The maximum atomic E-state index is 12.3. The third-order valence-electron chi connectivity index (χ3n) is 4.93. The summed E-state index contributed by atoms with van der Waals surface area (Å²) in [5, 5.41) is 9.21. The number of carboxylic acids is 1. The number of carboxylic acid groups (broad SMARTS) is 1. The van der Waals surface area contributed by atoms with E-state index in [1.807, 2.05) is 6.92 Å². The standard InChI is InChI=1S/C13H19NO3/c1-7-5-6-14(11(7)13(16)17)12(15)10-8-3-2-4-9(8)10/h7-11H,2-6H2,1H3,(H,16,17). The molecule has 3 aliphatic rings. The molecule has 0 radical (unpaired) electrons. The monoisotopic (exact) mass is 237 g/mol. The number of rotatable bonds is 2. The Morgan fingerprint density at radius 1 is 1.18 bits per heavy atom. The largest absolute Gasteiger partial charge is 0.480 e. The number of fused-ring (bicyclic) bond motifs is 1. The number of hydrogen-bond acceptors (Lipinski definition) is 2. The first-order valence-corrected chi connectivity index (χ1v) is 6.64. The van der Waals surface area contributed by atoms with Crippen molar-refractivity contribution in [1.82, 2.24) is 4.90 Å². The highest BCUT2D eigenvalue weighted by Gasteiger charge is 2.59. The fraction of sp³-hybridized carbons (Fsp3) is 0.846. The molecule has 1 aliphatic heterocycles. The zero-order valence-electron chi connectivity index (χ0n) is 10.1. The summed E-state index contributed by atoms with van der Waals surface area (Å²) in [6.07, 6.45) is 4.41. The van der Waals surface area contributed by atoms with Crippen molar-refractivity contribution in [2.75, 3.05) is 6.54 Å². The summed E-state index contributed by atoms with van der Waals surface area (Å²) in [6.45, 7) is 2.56. The zero-order chi connectivity index (χ0) is 12.2. The van der Waals surface area contributed by atoms with E-state index in [0.717, 1.165) is 6.42 Å². The molecule has 4 heteroatoms. The Hall–Kier alpha value is -1.06. The third-order valence-corrected chi connectivity index (χ3v) is 4.93.